The number of carbonyl (C=O) groups excluding carboxylic acids is 2. The number of Topliss-reactive ketones (excluding diaryl/α,β-unsaturated/α-hetero) is 1. The lowest BCUT2D eigenvalue weighted by Gasteiger charge is -2.41. The second kappa shape index (κ2) is 11.6. The number of nitrogens with zero attached hydrogens (tertiary/aromatic N) is 1. The number of nitrogens with two attached hydrogens (primary N) is 1. The Morgan fingerprint density at radius 3 is 2.38 bits per heavy atom. The van der Waals surface area contributed by atoms with Gasteiger partial charge >= 0.3 is 0 Å². The van der Waals surface area contributed by atoms with Gasteiger partial charge in [0.1, 0.15) is 11.1 Å². The molecule has 1 unspecified atom stereocenters. The molecule has 0 radical (unpaired) electrons. The maximum absolute atomic E-state index is 14.2. The molecule has 3 aromatic rings. The summed E-state index contributed by atoms with van der Waals surface area (Å²) in [7, 11) is -3.74. The third-order valence-electron chi connectivity index (χ3n) is 7.74. The molecule has 2 aliphatic rings. The first-order valence-electron chi connectivity index (χ1n) is 13.6. The van der Waals surface area contributed by atoms with E-state index in [1.807, 2.05) is 30.3 Å². The molecule has 2 heterocycles. The molecule has 5 rings (SSSR count). The molecule has 1 aliphatic carbocycles. The van der Waals surface area contributed by atoms with Crippen molar-refractivity contribution in [2.24, 2.45) is 17.6 Å². The first-order chi connectivity index (χ1) is 18.8. The standard InChI is InChI=1S/C29H35N3O6S/c30-28(34)29(32-22-14-16-37-17-15-22,19-39(35,36)18-21-10-11-21)23(13-12-20-6-2-1-3-7-20)26(33)27-31-24-8-4-5-9-25(24)38-27/h1-9,21-23,32H,10-19H2,(H2,30,34)/t23-,29?/m1/s1. The van der Waals surface area contributed by atoms with Crippen molar-refractivity contribution in [3.8, 4) is 0 Å². The second-order valence-electron chi connectivity index (χ2n) is 10.8. The lowest BCUT2D eigenvalue weighted by Crippen LogP contribution is -2.68. The Hall–Kier alpha value is -3.08. The summed E-state index contributed by atoms with van der Waals surface area (Å²) in [6.45, 7) is 0.935. The van der Waals surface area contributed by atoms with Crippen LogP contribution in [-0.2, 0) is 25.8 Å². The van der Waals surface area contributed by atoms with E-state index in [4.69, 9.17) is 14.9 Å². The highest BCUT2D eigenvalue weighted by atomic mass is 32.2. The average molecular weight is 554 g/mol. The van der Waals surface area contributed by atoms with E-state index in [2.05, 4.69) is 10.3 Å². The van der Waals surface area contributed by atoms with Gasteiger partial charge in [0.25, 0.3) is 5.89 Å². The number of primary amides is 1. The zero-order valence-electron chi connectivity index (χ0n) is 21.9. The molecule has 9 nitrogen and oxygen atoms in total. The molecule has 3 N–H and O–H groups in total. The van der Waals surface area contributed by atoms with E-state index in [-0.39, 0.29) is 30.0 Å². The normalized spacial score (nSPS) is 19.0. The maximum atomic E-state index is 14.2. The molecule has 0 bridgehead atoms. The Kier molecular flexibility index (Phi) is 8.16. The molecule has 39 heavy (non-hydrogen) atoms. The first-order valence-corrected chi connectivity index (χ1v) is 15.4. The summed E-state index contributed by atoms with van der Waals surface area (Å²) in [6, 6.07) is 16.3. The average Bonchev–Trinajstić information content (AvgIpc) is 3.61. The van der Waals surface area contributed by atoms with Crippen LogP contribution in [0.2, 0.25) is 0 Å². The van der Waals surface area contributed by atoms with Crippen LogP contribution in [0.1, 0.15) is 48.4 Å². The van der Waals surface area contributed by atoms with Crippen LogP contribution in [0.25, 0.3) is 11.1 Å². The number of ketones is 1. The molecule has 1 saturated carbocycles. The number of para-hydroxylation sites is 2. The number of hydrogen-bond acceptors (Lipinski definition) is 8. The predicted molar refractivity (Wildman–Crippen MR) is 147 cm³/mol. The Labute approximate surface area is 228 Å². The summed E-state index contributed by atoms with van der Waals surface area (Å²) in [4.78, 5) is 32.1. The van der Waals surface area contributed by atoms with E-state index in [0.717, 1.165) is 18.4 Å². The van der Waals surface area contributed by atoms with E-state index in [0.29, 0.717) is 43.6 Å². The number of nitrogens with one attached hydrogen (secondary N) is 1. The van der Waals surface area contributed by atoms with Crippen LogP contribution in [0.15, 0.2) is 59.0 Å². The minimum Gasteiger partial charge on any atom is -0.434 e. The molecule has 0 spiro atoms. The van der Waals surface area contributed by atoms with Crippen molar-refractivity contribution in [1.82, 2.24) is 10.3 Å². The van der Waals surface area contributed by atoms with Crippen LogP contribution in [0.5, 0.6) is 0 Å². The summed E-state index contributed by atoms with van der Waals surface area (Å²) in [6.07, 6.45) is 3.44. The zero-order chi connectivity index (χ0) is 27.5. The van der Waals surface area contributed by atoms with Gasteiger partial charge in [0.2, 0.25) is 11.7 Å². The van der Waals surface area contributed by atoms with E-state index >= 15 is 0 Å². The minimum absolute atomic E-state index is 0.0278. The number of aromatic nitrogens is 1. The molecular weight excluding hydrogens is 518 g/mol. The van der Waals surface area contributed by atoms with Gasteiger partial charge in [-0.2, -0.15) is 0 Å². The summed E-state index contributed by atoms with van der Waals surface area (Å²) in [5.41, 5.74) is 6.16. The number of benzene rings is 2. The van der Waals surface area contributed by atoms with Gasteiger partial charge in [-0.05, 0) is 62.1 Å². The van der Waals surface area contributed by atoms with Crippen LogP contribution in [0.4, 0.5) is 0 Å². The van der Waals surface area contributed by atoms with Crippen molar-refractivity contribution < 1.29 is 27.2 Å². The van der Waals surface area contributed by atoms with E-state index in [9.17, 15) is 18.0 Å². The monoisotopic (exact) mass is 553 g/mol. The Morgan fingerprint density at radius 2 is 1.72 bits per heavy atom. The fourth-order valence-electron chi connectivity index (χ4n) is 5.50. The largest absolute Gasteiger partial charge is 0.434 e. The number of amides is 1. The highest BCUT2D eigenvalue weighted by molar-refractivity contribution is 7.91. The molecule has 10 heteroatoms. The minimum atomic E-state index is -3.74. The second-order valence-corrected chi connectivity index (χ2v) is 12.9. The van der Waals surface area contributed by atoms with Gasteiger partial charge in [0, 0.05) is 19.3 Å². The van der Waals surface area contributed by atoms with Gasteiger partial charge in [-0.25, -0.2) is 13.4 Å². The number of aryl methyl sites for hydroxylation is 1. The number of fused-ring (bicyclic) bond motifs is 1. The molecule has 1 aromatic heterocycles. The quantitative estimate of drug-likeness (QED) is 0.308. The first kappa shape index (κ1) is 27.5. The van der Waals surface area contributed by atoms with Gasteiger partial charge in [0.05, 0.1) is 17.4 Å². The lowest BCUT2D eigenvalue weighted by atomic mass is 9.77. The molecule has 1 amide bonds. The Morgan fingerprint density at radius 1 is 1.03 bits per heavy atom. The van der Waals surface area contributed by atoms with Crippen LogP contribution < -0.4 is 11.1 Å². The molecule has 2 fully saturated rings. The molecular formula is C29H35N3O6S. The van der Waals surface area contributed by atoms with Gasteiger partial charge in [-0.15, -0.1) is 0 Å². The van der Waals surface area contributed by atoms with Crippen molar-refractivity contribution in [1.29, 1.82) is 0 Å². The van der Waals surface area contributed by atoms with Crippen molar-refractivity contribution >= 4 is 32.6 Å². The summed E-state index contributed by atoms with van der Waals surface area (Å²) >= 11 is 0. The highest BCUT2D eigenvalue weighted by Crippen LogP contribution is 2.35. The van der Waals surface area contributed by atoms with E-state index in [1.54, 1.807) is 24.3 Å². The fraction of sp³-hybridized carbons (Fsp3) is 0.483. The van der Waals surface area contributed by atoms with Crippen molar-refractivity contribution in [3.63, 3.8) is 0 Å². The van der Waals surface area contributed by atoms with Crippen molar-refractivity contribution in [2.45, 2.75) is 50.1 Å². The number of hydrogen-bond donors (Lipinski definition) is 2. The number of ether oxygens (including phenoxy) is 1. The number of oxazole rings is 1. The molecule has 208 valence electrons. The lowest BCUT2D eigenvalue weighted by molar-refractivity contribution is -0.126. The SMILES string of the molecule is NC(=O)C(CS(=O)(=O)CC1CC1)(NC1CCOCC1)[C@H](CCc1ccccc1)C(=O)c1nc2ccccc2o1. The van der Waals surface area contributed by atoms with Crippen LogP contribution in [0, 0.1) is 11.8 Å². The fourth-order valence-corrected chi connectivity index (χ4v) is 7.79. The molecule has 1 aliphatic heterocycles. The number of carbonyl (C=O) groups is 2. The topological polar surface area (TPSA) is 142 Å². The molecule has 1 saturated heterocycles. The smallest absolute Gasteiger partial charge is 0.264 e. The van der Waals surface area contributed by atoms with Gasteiger partial charge in [0.15, 0.2) is 15.4 Å². The predicted octanol–water partition coefficient (Wildman–Crippen LogP) is 3.08. The summed E-state index contributed by atoms with van der Waals surface area (Å²) < 4.78 is 38.3. The Balaban J connectivity index is 1.58. The summed E-state index contributed by atoms with van der Waals surface area (Å²) in [5.74, 6) is -3.19. The third kappa shape index (κ3) is 6.57. The van der Waals surface area contributed by atoms with Crippen LogP contribution >= 0.6 is 0 Å². The molecule has 2 atom stereocenters. The molecule has 2 aromatic carbocycles. The van der Waals surface area contributed by atoms with Crippen molar-refractivity contribution in [3.05, 3.63) is 66.1 Å². The van der Waals surface area contributed by atoms with Gasteiger partial charge in [-0.3, -0.25) is 14.9 Å². The number of sulfone groups is 1. The summed E-state index contributed by atoms with van der Waals surface area (Å²) in [5, 5.41) is 3.32. The van der Waals surface area contributed by atoms with E-state index < -0.39 is 38.7 Å². The van der Waals surface area contributed by atoms with Crippen LogP contribution in [0.3, 0.4) is 0 Å². The van der Waals surface area contributed by atoms with E-state index in [1.165, 1.54) is 0 Å². The number of rotatable bonds is 13. The highest BCUT2D eigenvalue weighted by Gasteiger charge is 2.53. The van der Waals surface area contributed by atoms with Crippen LogP contribution in [-0.4, -0.2) is 61.4 Å². The van der Waals surface area contributed by atoms with Gasteiger partial charge in [-0.1, -0.05) is 42.5 Å². The van der Waals surface area contributed by atoms with Gasteiger partial charge < -0.3 is 14.9 Å². The Bertz CT molecular complexity index is 1380. The van der Waals surface area contributed by atoms with Crippen molar-refractivity contribution in [2.75, 3.05) is 24.7 Å². The third-order valence-corrected chi connectivity index (χ3v) is 9.61. The zero-order valence-corrected chi connectivity index (χ0v) is 22.7. The maximum Gasteiger partial charge on any atom is 0.264 e.